The SMILES string of the molecule is CC1(C)Oc2ccc(C(=O)c3ccccc3C(F)(F)F)cc2[C@@H](O)[C@@H]1Br. The lowest BCUT2D eigenvalue weighted by Crippen LogP contribution is -2.45. The highest BCUT2D eigenvalue weighted by Gasteiger charge is 2.42. The van der Waals surface area contributed by atoms with E-state index in [4.69, 9.17) is 4.74 Å². The fraction of sp³-hybridized carbons (Fsp3) is 0.316. The Bertz CT molecular complexity index is 861. The molecule has 0 bridgehead atoms. The maximum absolute atomic E-state index is 13.2. The highest BCUT2D eigenvalue weighted by molar-refractivity contribution is 9.09. The molecule has 2 atom stereocenters. The van der Waals surface area contributed by atoms with Gasteiger partial charge >= 0.3 is 6.18 Å². The normalized spacial score (nSPS) is 21.7. The van der Waals surface area contributed by atoms with Gasteiger partial charge in [0.05, 0.1) is 16.5 Å². The van der Waals surface area contributed by atoms with Gasteiger partial charge in [0.1, 0.15) is 11.4 Å². The first-order valence-electron chi connectivity index (χ1n) is 7.88. The number of alkyl halides is 4. The number of rotatable bonds is 2. The van der Waals surface area contributed by atoms with E-state index in [1.165, 1.54) is 30.3 Å². The molecule has 1 heterocycles. The van der Waals surface area contributed by atoms with Crippen molar-refractivity contribution < 1.29 is 27.8 Å². The average Bonchev–Trinajstić information content (AvgIpc) is 2.58. The maximum atomic E-state index is 13.2. The summed E-state index contributed by atoms with van der Waals surface area (Å²) in [5.74, 6) is -0.359. The predicted molar refractivity (Wildman–Crippen MR) is 93.7 cm³/mol. The number of benzene rings is 2. The van der Waals surface area contributed by atoms with Gasteiger partial charge in [-0.3, -0.25) is 4.79 Å². The molecule has 0 saturated carbocycles. The standard InChI is InChI=1S/C19H16BrF3O3/c1-18(2)17(20)16(25)12-9-10(7-8-14(12)26-18)15(24)11-5-3-4-6-13(11)19(21,22)23/h3-9,16-17,25H,1-2H3/t16-,17+/m1/s1. The van der Waals surface area contributed by atoms with Crippen LogP contribution in [0.5, 0.6) is 5.75 Å². The zero-order chi connectivity index (χ0) is 19.3. The largest absolute Gasteiger partial charge is 0.486 e. The van der Waals surface area contributed by atoms with Crippen LogP contribution in [0, 0.1) is 0 Å². The first-order valence-corrected chi connectivity index (χ1v) is 8.80. The first kappa shape index (κ1) is 18.9. The van der Waals surface area contributed by atoms with Crippen molar-refractivity contribution in [2.45, 2.75) is 36.6 Å². The van der Waals surface area contributed by atoms with Crippen molar-refractivity contribution in [3.63, 3.8) is 0 Å². The molecule has 0 saturated heterocycles. The highest BCUT2D eigenvalue weighted by atomic mass is 79.9. The molecule has 2 aromatic rings. The van der Waals surface area contributed by atoms with Crippen LogP contribution in [0.25, 0.3) is 0 Å². The summed E-state index contributed by atoms with van der Waals surface area (Å²) in [5.41, 5.74) is -1.68. The van der Waals surface area contributed by atoms with Gasteiger partial charge < -0.3 is 9.84 Å². The number of hydrogen-bond acceptors (Lipinski definition) is 3. The Morgan fingerprint density at radius 3 is 2.50 bits per heavy atom. The molecule has 26 heavy (non-hydrogen) atoms. The summed E-state index contributed by atoms with van der Waals surface area (Å²) in [5, 5.41) is 10.5. The summed E-state index contributed by atoms with van der Waals surface area (Å²) in [6.45, 7) is 3.61. The van der Waals surface area contributed by atoms with Crippen molar-refractivity contribution >= 4 is 21.7 Å². The molecular formula is C19H16BrF3O3. The number of aliphatic hydroxyl groups is 1. The fourth-order valence-corrected chi connectivity index (χ4v) is 3.35. The number of ketones is 1. The molecule has 3 nitrogen and oxygen atoms in total. The number of hydrogen-bond donors (Lipinski definition) is 1. The highest BCUT2D eigenvalue weighted by Crippen LogP contribution is 2.44. The summed E-state index contributed by atoms with van der Waals surface area (Å²) < 4.78 is 45.4. The molecular weight excluding hydrogens is 413 g/mol. The number of aliphatic hydroxyl groups excluding tert-OH is 1. The van der Waals surface area contributed by atoms with Gasteiger partial charge in [-0.25, -0.2) is 0 Å². The van der Waals surface area contributed by atoms with E-state index in [9.17, 15) is 23.1 Å². The van der Waals surface area contributed by atoms with Crippen LogP contribution in [0.4, 0.5) is 13.2 Å². The molecule has 0 aliphatic carbocycles. The second-order valence-corrected chi connectivity index (χ2v) is 7.66. The van der Waals surface area contributed by atoms with Gasteiger partial charge in [-0.15, -0.1) is 0 Å². The van der Waals surface area contributed by atoms with Crippen molar-refractivity contribution in [2.24, 2.45) is 0 Å². The Kier molecular flexibility index (Phi) is 4.65. The van der Waals surface area contributed by atoms with E-state index in [1.54, 1.807) is 13.8 Å². The molecule has 0 amide bonds. The molecule has 1 aliphatic rings. The minimum Gasteiger partial charge on any atom is -0.486 e. The van der Waals surface area contributed by atoms with Crippen LogP contribution in [0.3, 0.4) is 0 Å². The third-order valence-corrected chi connectivity index (χ3v) is 5.99. The van der Waals surface area contributed by atoms with Gasteiger partial charge in [0.25, 0.3) is 0 Å². The van der Waals surface area contributed by atoms with Crippen LogP contribution in [-0.2, 0) is 6.18 Å². The third-order valence-electron chi connectivity index (χ3n) is 4.38. The summed E-state index contributed by atoms with van der Waals surface area (Å²) in [6, 6.07) is 8.94. The predicted octanol–water partition coefficient (Wildman–Crippen LogP) is 4.90. The molecule has 0 radical (unpaired) electrons. The third kappa shape index (κ3) is 3.25. The molecule has 3 rings (SSSR count). The zero-order valence-electron chi connectivity index (χ0n) is 14.0. The molecule has 0 fully saturated rings. The van der Waals surface area contributed by atoms with Gasteiger partial charge in [0, 0.05) is 16.7 Å². The Hall–Kier alpha value is -1.86. The van der Waals surface area contributed by atoms with E-state index >= 15 is 0 Å². The minimum atomic E-state index is -4.63. The maximum Gasteiger partial charge on any atom is 0.417 e. The molecule has 0 unspecified atom stereocenters. The molecule has 0 spiro atoms. The van der Waals surface area contributed by atoms with E-state index in [0.717, 1.165) is 12.1 Å². The fourth-order valence-electron chi connectivity index (χ4n) is 2.98. The number of fused-ring (bicyclic) bond motifs is 1. The number of carbonyl (C=O) groups excluding carboxylic acids is 1. The second-order valence-electron chi connectivity index (χ2n) is 6.68. The molecule has 1 N–H and O–H groups in total. The lowest BCUT2D eigenvalue weighted by atomic mass is 9.89. The summed E-state index contributed by atoms with van der Waals surface area (Å²) in [6.07, 6.45) is -5.59. The minimum absolute atomic E-state index is 0.0579. The lowest BCUT2D eigenvalue weighted by molar-refractivity contribution is -0.137. The van der Waals surface area contributed by atoms with Crippen molar-refractivity contribution in [1.82, 2.24) is 0 Å². The van der Waals surface area contributed by atoms with E-state index in [2.05, 4.69) is 15.9 Å². The van der Waals surface area contributed by atoms with E-state index < -0.39 is 39.6 Å². The Morgan fingerprint density at radius 2 is 1.85 bits per heavy atom. The summed E-state index contributed by atoms with van der Waals surface area (Å²) in [7, 11) is 0. The second kappa shape index (κ2) is 6.39. The van der Waals surface area contributed by atoms with Crippen LogP contribution in [-0.4, -0.2) is 21.3 Å². The summed E-state index contributed by atoms with van der Waals surface area (Å²) >= 11 is 3.38. The smallest absolute Gasteiger partial charge is 0.417 e. The van der Waals surface area contributed by atoms with Crippen LogP contribution < -0.4 is 4.74 Å². The number of carbonyl (C=O) groups is 1. The average molecular weight is 429 g/mol. The lowest BCUT2D eigenvalue weighted by Gasteiger charge is -2.40. The van der Waals surface area contributed by atoms with Crippen molar-refractivity contribution in [3.05, 3.63) is 64.7 Å². The van der Waals surface area contributed by atoms with E-state index in [0.29, 0.717) is 11.3 Å². The van der Waals surface area contributed by atoms with Crippen molar-refractivity contribution in [1.29, 1.82) is 0 Å². The Labute approximate surface area is 156 Å². The van der Waals surface area contributed by atoms with Gasteiger partial charge in [0.15, 0.2) is 5.78 Å². The first-order chi connectivity index (χ1) is 12.0. The monoisotopic (exact) mass is 428 g/mol. The van der Waals surface area contributed by atoms with Crippen LogP contribution >= 0.6 is 15.9 Å². The van der Waals surface area contributed by atoms with Gasteiger partial charge in [-0.1, -0.05) is 34.1 Å². The van der Waals surface area contributed by atoms with Gasteiger partial charge in [0.2, 0.25) is 0 Å². The number of halogens is 4. The zero-order valence-corrected chi connectivity index (χ0v) is 15.6. The molecule has 0 aromatic heterocycles. The molecule has 2 aromatic carbocycles. The van der Waals surface area contributed by atoms with Gasteiger partial charge in [-0.2, -0.15) is 13.2 Å². The van der Waals surface area contributed by atoms with Crippen molar-refractivity contribution in [3.8, 4) is 5.75 Å². The van der Waals surface area contributed by atoms with E-state index in [1.807, 2.05) is 0 Å². The molecule has 7 heteroatoms. The van der Waals surface area contributed by atoms with Crippen LogP contribution in [0.1, 0.15) is 47.0 Å². The Balaban J connectivity index is 2.05. The van der Waals surface area contributed by atoms with Crippen LogP contribution in [0.2, 0.25) is 0 Å². The summed E-state index contributed by atoms with van der Waals surface area (Å²) in [4.78, 5) is 12.2. The molecule has 1 aliphatic heterocycles. The van der Waals surface area contributed by atoms with Crippen molar-refractivity contribution in [2.75, 3.05) is 0 Å². The molecule has 138 valence electrons. The van der Waals surface area contributed by atoms with Gasteiger partial charge in [-0.05, 0) is 38.1 Å². The Morgan fingerprint density at radius 1 is 1.19 bits per heavy atom. The van der Waals surface area contributed by atoms with Crippen LogP contribution in [0.15, 0.2) is 42.5 Å². The quantitative estimate of drug-likeness (QED) is 0.546. The topological polar surface area (TPSA) is 46.5 Å². The number of ether oxygens (including phenoxy) is 1. The van der Waals surface area contributed by atoms with E-state index in [-0.39, 0.29) is 5.56 Å².